The highest BCUT2D eigenvalue weighted by atomic mass is 16.5. The summed E-state index contributed by atoms with van der Waals surface area (Å²) in [4.78, 5) is 34.7. The SMILES string of the molecule is COC(=O)CCCCCNC(=O)CCn1ncc(=O)c2ccccc21. The van der Waals surface area contributed by atoms with Crippen molar-refractivity contribution in [1.29, 1.82) is 0 Å². The fourth-order valence-electron chi connectivity index (χ4n) is 2.54. The van der Waals surface area contributed by atoms with Crippen LogP contribution >= 0.6 is 0 Å². The lowest BCUT2D eigenvalue weighted by Gasteiger charge is -2.09. The maximum Gasteiger partial charge on any atom is 0.305 e. The lowest BCUT2D eigenvalue weighted by molar-refractivity contribution is -0.140. The average Bonchev–Trinajstić information content (AvgIpc) is 2.64. The summed E-state index contributed by atoms with van der Waals surface area (Å²) in [5.41, 5.74) is 0.605. The Kier molecular flexibility index (Phi) is 7.13. The van der Waals surface area contributed by atoms with E-state index in [0.717, 1.165) is 24.8 Å². The van der Waals surface area contributed by atoms with E-state index in [2.05, 4.69) is 15.2 Å². The van der Waals surface area contributed by atoms with Gasteiger partial charge in [-0.3, -0.25) is 19.1 Å². The number of nitrogens with zero attached hydrogens (tertiary/aromatic N) is 2. The monoisotopic (exact) mass is 345 g/mol. The maximum absolute atomic E-state index is 11.9. The molecule has 0 aliphatic carbocycles. The number of hydrogen-bond acceptors (Lipinski definition) is 5. The number of rotatable bonds is 9. The van der Waals surface area contributed by atoms with Crippen molar-refractivity contribution in [1.82, 2.24) is 15.1 Å². The number of carbonyl (C=O) groups is 2. The Morgan fingerprint density at radius 3 is 2.76 bits per heavy atom. The van der Waals surface area contributed by atoms with Gasteiger partial charge in [0.25, 0.3) is 0 Å². The highest BCUT2D eigenvalue weighted by Gasteiger charge is 2.06. The Labute approximate surface area is 146 Å². The molecule has 0 unspecified atom stereocenters. The van der Waals surface area contributed by atoms with E-state index in [0.29, 0.717) is 31.3 Å². The van der Waals surface area contributed by atoms with Gasteiger partial charge < -0.3 is 10.1 Å². The molecule has 0 saturated heterocycles. The fraction of sp³-hybridized carbons (Fsp3) is 0.444. The highest BCUT2D eigenvalue weighted by molar-refractivity contribution is 5.79. The van der Waals surface area contributed by atoms with Crippen LogP contribution in [-0.4, -0.2) is 35.3 Å². The fourth-order valence-corrected chi connectivity index (χ4v) is 2.54. The zero-order valence-electron chi connectivity index (χ0n) is 14.4. The molecular formula is C18H23N3O4. The summed E-state index contributed by atoms with van der Waals surface area (Å²) >= 11 is 0. The molecule has 1 amide bonds. The van der Waals surface area contributed by atoms with Crippen LogP contribution in [0.1, 0.15) is 32.1 Å². The second-order valence-corrected chi connectivity index (χ2v) is 5.74. The first-order valence-electron chi connectivity index (χ1n) is 8.40. The third-order valence-corrected chi connectivity index (χ3v) is 3.92. The number of aryl methyl sites for hydroxylation is 1. The van der Waals surface area contributed by atoms with E-state index in [4.69, 9.17) is 0 Å². The molecule has 1 N–H and O–H groups in total. The molecule has 7 heteroatoms. The number of methoxy groups -OCH3 is 1. The van der Waals surface area contributed by atoms with E-state index in [1.165, 1.54) is 13.3 Å². The molecule has 0 atom stereocenters. The molecular weight excluding hydrogens is 322 g/mol. The van der Waals surface area contributed by atoms with Crippen LogP contribution in [0.25, 0.3) is 10.9 Å². The first-order valence-corrected chi connectivity index (χ1v) is 8.40. The maximum atomic E-state index is 11.9. The third kappa shape index (κ3) is 5.70. The second-order valence-electron chi connectivity index (χ2n) is 5.74. The number of unbranched alkanes of at least 4 members (excludes halogenated alkanes) is 2. The van der Waals surface area contributed by atoms with Gasteiger partial charge in [0, 0.05) is 24.8 Å². The zero-order chi connectivity index (χ0) is 18.1. The Morgan fingerprint density at radius 1 is 1.16 bits per heavy atom. The van der Waals surface area contributed by atoms with E-state index < -0.39 is 0 Å². The molecule has 2 rings (SSSR count). The van der Waals surface area contributed by atoms with Crippen LogP contribution in [0.3, 0.4) is 0 Å². The number of benzene rings is 1. The average molecular weight is 345 g/mol. The molecule has 1 aromatic carbocycles. The van der Waals surface area contributed by atoms with Gasteiger partial charge in [0.05, 0.1) is 25.4 Å². The predicted octanol–water partition coefficient (Wildman–Crippen LogP) is 1.64. The Morgan fingerprint density at radius 2 is 1.96 bits per heavy atom. The van der Waals surface area contributed by atoms with Gasteiger partial charge in [-0.1, -0.05) is 18.6 Å². The van der Waals surface area contributed by atoms with E-state index >= 15 is 0 Å². The Hall–Kier alpha value is -2.70. The Balaban J connectivity index is 1.73. The molecule has 0 saturated carbocycles. The van der Waals surface area contributed by atoms with Crippen LogP contribution in [0.2, 0.25) is 0 Å². The lowest BCUT2D eigenvalue weighted by Crippen LogP contribution is -2.26. The van der Waals surface area contributed by atoms with Crippen LogP contribution in [-0.2, 0) is 20.9 Å². The van der Waals surface area contributed by atoms with E-state index in [1.807, 2.05) is 12.1 Å². The van der Waals surface area contributed by atoms with Crippen molar-refractivity contribution in [3.8, 4) is 0 Å². The van der Waals surface area contributed by atoms with Crippen molar-refractivity contribution in [2.75, 3.05) is 13.7 Å². The number of para-hydroxylation sites is 1. The van der Waals surface area contributed by atoms with Crippen LogP contribution in [0.4, 0.5) is 0 Å². The minimum atomic E-state index is -0.204. The summed E-state index contributed by atoms with van der Waals surface area (Å²) in [6.45, 7) is 0.993. The number of aromatic nitrogens is 2. The van der Waals surface area contributed by atoms with E-state index in [9.17, 15) is 14.4 Å². The molecule has 2 aromatic rings. The second kappa shape index (κ2) is 9.56. The molecule has 0 bridgehead atoms. The predicted molar refractivity (Wildman–Crippen MR) is 94.1 cm³/mol. The molecule has 0 aliphatic rings. The number of amides is 1. The van der Waals surface area contributed by atoms with E-state index in [1.54, 1.807) is 16.8 Å². The molecule has 134 valence electrons. The van der Waals surface area contributed by atoms with E-state index in [-0.39, 0.29) is 17.3 Å². The van der Waals surface area contributed by atoms with Gasteiger partial charge in [-0.15, -0.1) is 0 Å². The summed E-state index contributed by atoms with van der Waals surface area (Å²) in [6.07, 6.45) is 4.43. The van der Waals surface area contributed by atoms with Gasteiger partial charge >= 0.3 is 5.97 Å². The normalized spacial score (nSPS) is 10.6. The molecule has 7 nitrogen and oxygen atoms in total. The number of esters is 1. The largest absolute Gasteiger partial charge is 0.469 e. The molecule has 1 heterocycles. The molecule has 25 heavy (non-hydrogen) atoms. The summed E-state index contributed by atoms with van der Waals surface area (Å²) in [7, 11) is 1.38. The van der Waals surface area contributed by atoms with Crippen molar-refractivity contribution in [3.05, 3.63) is 40.7 Å². The van der Waals surface area contributed by atoms with Crippen LogP contribution in [0, 0.1) is 0 Å². The van der Waals surface area contributed by atoms with Gasteiger partial charge in [-0.05, 0) is 25.0 Å². The van der Waals surface area contributed by atoms with Crippen LogP contribution in [0.15, 0.2) is 35.3 Å². The van der Waals surface area contributed by atoms with Crippen LogP contribution in [0.5, 0.6) is 0 Å². The lowest BCUT2D eigenvalue weighted by atomic mass is 10.2. The molecule has 0 spiro atoms. The van der Waals surface area contributed by atoms with Gasteiger partial charge in [-0.2, -0.15) is 5.10 Å². The summed E-state index contributed by atoms with van der Waals surface area (Å²) in [5.74, 6) is -0.262. The standard InChI is InChI=1S/C18H23N3O4/c1-25-18(24)9-3-2-6-11-19-17(23)10-12-21-15-8-5-4-7-14(15)16(22)13-20-21/h4-5,7-8,13H,2-3,6,9-12H2,1H3,(H,19,23). The molecule has 1 aromatic heterocycles. The number of fused-ring (bicyclic) bond motifs is 1. The molecule has 0 aliphatic heterocycles. The molecule has 0 radical (unpaired) electrons. The van der Waals surface area contributed by atoms with Gasteiger partial charge in [-0.25, -0.2) is 0 Å². The first kappa shape index (κ1) is 18.6. The van der Waals surface area contributed by atoms with Gasteiger partial charge in [0.1, 0.15) is 0 Å². The number of ether oxygens (including phenoxy) is 1. The van der Waals surface area contributed by atoms with Crippen molar-refractivity contribution in [2.45, 2.75) is 38.6 Å². The van der Waals surface area contributed by atoms with Gasteiger partial charge in [0.15, 0.2) is 0 Å². The summed E-state index contributed by atoms with van der Waals surface area (Å²) < 4.78 is 6.24. The third-order valence-electron chi connectivity index (χ3n) is 3.92. The summed E-state index contributed by atoms with van der Waals surface area (Å²) in [5, 5.41) is 7.56. The quantitative estimate of drug-likeness (QED) is 0.551. The van der Waals surface area contributed by atoms with Crippen molar-refractivity contribution < 1.29 is 14.3 Å². The van der Waals surface area contributed by atoms with Crippen molar-refractivity contribution in [2.24, 2.45) is 0 Å². The zero-order valence-corrected chi connectivity index (χ0v) is 14.4. The number of hydrogen-bond donors (Lipinski definition) is 1. The minimum Gasteiger partial charge on any atom is -0.469 e. The smallest absolute Gasteiger partial charge is 0.305 e. The molecule has 0 fully saturated rings. The summed E-state index contributed by atoms with van der Waals surface area (Å²) in [6, 6.07) is 7.22. The van der Waals surface area contributed by atoms with Crippen molar-refractivity contribution >= 4 is 22.8 Å². The van der Waals surface area contributed by atoms with Gasteiger partial charge in [0.2, 0.25) is 11.3 Å². The van der Waals surface area contributed by atoms with Crippen molar-refractivity contribution in [3.63, 3.8) is 0 Å². The number of nitrogens with one attached hydrogen (secondary N) is 1. The minimum absolute atomic E-state index is 0.0578. The number of carbonyl (C=O) groups excluding carboxylic acids is 2. The Bertz CT molecular complexity index is 785. The van der Waals surface area contributed by atoms with Crippen LogP contribution < -0.4 is 10.7 Å². The highest BCUT2D eigenvalue weighted by Crippen LogP contribution is 2.08. The topological polar surface area (TPSA) is 90.3 Å². The first-order chi connectivity index (χ1) is 12.1.